The maximum atomic E-state index is 13.7. The zero-order chi connectivity index (χ0) is 25.7. The van der Waals surface area contributed by atoms with E-state index in [0.717, 1.165) is 14.3 Å². The molecule has 35 heavy (non-hydrogen) atoms. The summed E-state index contributed by atoms with van der Waals surface area (Å²) in [6.07, 6.45) is 1.58. The number of halogens is 3. The van der Waals surface area contributed by atoms with E-state index in [1.807, 2.05) is 38.1 Å². The highest BCUT2D eigenvalue weighted by Crippen LogP contribution is 2.36. The molecule has 2 aromatic carbocycles. The zero-order valence-corrected chi connectivity index (χ0v) is 22.8. The number of amides is 2. The van der Waals surface area contributed by atoms with Crippen LogP contribution in [0.1, 0.15) is 19.4 Å². The van der Waals surface area contributed by atoms with Crippen LogP contribution in [0.5, 0.6) is 0 Å². The summed E-state index contributed by atoms with van der Waals surface area (Å²) in [4.78, 5) is 29.3. The number of nitrogens with zero attached hydrogens (tertiary/aromatic N) is 3. The average molecular weight is 602 g/mol. The SMILES string of the molecule is CC(C)N1C=C2N(C(=O)C(N)CN2S(=O)(=O)c2ccc(Cl)cc2Cl)C(Cc2ccc(Br)cc2)C1=O. The van der Waals surface area contributed by atoms with Crippen LogP contribution >= 0.6 is 39.1 Å². The maximum Gasteiger partial charge on any atom is 0.267 e. The number of hydrogen-bond acceptors (Lipinski definition) is 5. The molecule has 2 atom stereocenters. The van der Waals surface area contributed by atoms with Crippen molar-refractivity contribution in [1.29, 1.82) is 0 Å². The van der Waals surface area contributed by atoms with Gasteiger partial charge in [0.2, 0.25) is 11.8 Å². The van der Waals surface area contributed by atoms with Gasteiger partial charge in [0.1, 0.15) is 22.8 Å². The molecule has 2 unspecified atom stereocenters. The van der Waals surface area contributed by atoms with E-state index in [4.69, 9.17) is 28.9 Å². The Kier molecular flexibility index (Phi) is 7.23. The van der Waals surface area contributed by atoms with Crippen molar-refractivity contribution in [1.82, 2.24) is 14.1 Å². The molecule has 4 rings (SSSR count). The molecule has 186 valence electrons. The van der Waals surface area contributed by atoms with Crippen molar-refractivity contribution in [2.45, 2.75) is 43.3 Å². The summed E-state index contributed by atoms with van der Waals surface area (Å²) in [5, 5.41) is 0.221. The first-order chi connectivity index (χ1) is 16.4. The molecule has 2 N–H and O–H groups in total. The molecule has 0 aliphatic carbocycles. The second-order valence-corrected chi connectivity index (χ2v) is 12.2. The van der Waals surface area contributed by atoms with Gasteiger partial charge in [0, 0.05) is 28.2 Å². The van der Waals surface area contributed by atoms with Crippen LogP contribution in [0, 0.1) is 0 Å². The minimum absolute atomic E-state index is 0.0538. The predicted octanol–water partition coefficient (Wildman–Crippen LogP) is 3.58. The number of sulfonamides is 1. The minimum Gasteiger partial charge on any atom is -0.318 e. The van der Waals surface area contributed by atoms with Crippen LogP contribution in [0.4, 0.5) is 0 Å². The summed E-state index contributed by atoms with van der Waals surface area (Å²) in [6.45, 7) is 3.33. The largest absolute Gasteiger partial charge is 0.318 e. The van der Waals surface area contributed by atoms with Crippen molar-refractivity contribution in [3.8, 4) is 0 Å². The van der Waals surface area contributed by atoms with Gasteiger partial charge in [-0.1, -0.05) is 51.3 Å². The zero-order valence-electron chi connectivity index (χ0n) is 18.9. The van der Waals surface area contributed by atoms with E-state index in [2.05, 4.69) is 15.9 Å². The van der Waals surface area contributed by atoms with Crippen LogP contribution in [0.25, 0.3) is 0 Å². The molecular weight excluding hydrogens is 579 g/mol. The molecule has 12 heteroatoms. The van der Waals surface area contributed by atoms with Gasteiger partial charge in [0.25, 0.3) is 10.0 Å². The smallest absolute Gasteiger partial charge is 0.267 e. The van der Waals surface area contributed by atoms with Crippen LogP contribution in [0.2, 0.25) is 10.0 Å². The van der Waals surface area contributed by atoms with Gasteiger partial charge in [-0.3, -0.25) is 14.5 Å². The molecule has 0 aromatic heterocycles. The van der Waals surface area contributed by atoms with Crippen molar-refractivity contribution >= 4 is 61.0 Å². The van der Waals surface area contributed by atoms with Gasteiger partial charge >= 0.3 is 0 Å². The number of fused-ring (bicyclic) bond motifs is 1. The third-order valence-electron chi connectivity index (χ3n) is 5.89. The normalized spacial score (nSPS) is 20.9. The topological polar surface area (TPSA) is 104 Å². The molecule has 1 fully saturated rings. The van der Waals surface area contributed by atoms with Crippen LogP contribution in [0.15, 0.2) is 63.9 Å². The Morgan fingerprint density at radius 1 is 1.09 bits per heavy atom. The van der Waals surface area contributed by atoms with Gasteiger partial charge in [0.15, 0.2) is 0 Å². The van der Waals surface area contributed by atoms with Gasteiger partial charge in [-0.15, -0.1) is 0 Å². The summed E-state index contributed by atoms with van der Waals surface area (Å²) >= 11 is 15.6. The predicted molar refractivity (Wildman–Crippen MR) is 137 cm³/mol. The molecule has 0 saturated carbocycles. The third-order valence-corrected chi connectivity index (χ3v) is 8.90. The van der Waals surface area contributed by atoms with E-state index >= 15 is 0 Å². The molecule has 2 heterocycles. The number of benzene rings is 2. The molecule has 0 radical (unpaired) electrons. The second-order valence-electron chi connectivity index (χ2n) is 8.60. The Balaban J connectivity index is 1.84. The molecule has 8 nitrogen and oxygen atoms in total. The molecule has 2 amide bonds. The second kappa shape index (κ2) is 9.74. The number of carbonyl (C=O) groups excluding carboxylic acids is 2. The lowest BCUT2D eigenvalue weighted by Crippen LogP contribution is -2.66. The van der Waals surface area contributed by atoms with E-state index in [1.165, 1.54) is 34.2 Å². The fourth-order valence-electron chi connectivity index (χ4n) is 4.12. The van der Waals surface area contributed by atoms with E-state index in [9.17, 15) is 18.0 Å². The summed E-state index contributed by atoms with van der Waals surface area (Å²) in [5.74, 6) is -0.794. The fourth-order valence-corrected chi connectivity index (χ4v) is 6.61. The Bertz CT molecular complexity index is 1320. The van der Waals surface area contributed by atoms with Gasteiger partial charge in [0.05, 0.1) is 11.6 Å². The molecule has 1 saturated heterocycles. The third kappa shape index (κ3) is 4.82. The van der Waals surface area contributed by atoms with Crippen LogP contribution in [0.3, 0.4) is 0 Å². The first-order valence-corrected chi connectivity index (χ1v) is 13.8. The number of nitrogens with two attached hydrogens (primary N) is 1. The van der Waals surface area contributed by atoms with Crippen LogP contribution < -0.4 is 5.73 Å². The minimum atomic E-state index is -4.25. The van der Waals surface area contributed by atoms with Crippen molar-refractivity contribution in [2.24, 2.45) is 5.73 Å². The number of carbonyl (C=O) groups is 2. The Labute approximate surface area is 222 Å². The van der Waals surface area contributed by atoms with Crippen molar-refractivity contribution in [3.63, 3.8) is 0 Å². The van der Waals surface area contributed by atoms with Crippen LogP contribution in [-0.4, -0.2) is 59.0 Å². The van der Waals surface area contributed by atoms with Crippen molar-refractivity contribution < 1.29 is 18.0 Å². The average Bonchev–Trinajstić information content (AvgIpc) is 2.78. The highest BCUT2D eigenvalue weighted by atomic mass is 79.9. The van der Waals surface area contributed by atoms with E-state index in [1.54, 1.807) is 0 Å². The Morgan fingerprint density at radius 2 is 1.74 bits per heavy atom. The number of rotatable bonds is 5. The van der Waals surface area contributed by atoms with Crippen molar-refractivity contribution in [3.05, 3.63) is 74.6 Å². The van der Waals surface area contributed by atoms with Gasteiger partial charge in [-0.2, -0.15) is 0 Å². The molecule has 0 spiro atoms. The number of hydrogen-bond donors (Lipinski definition) is 1. The Morgan fingerprint density at radius 3 is 2.34 bits per heavy atom. The standard InChI is InChI=1S/C23H23BrCl2N4O4S/c1-13(2)28-12-21-29(35(33,34)20-8-7-16(25)10-17(20)26)11-18(27)22(31)30(21)19(23(28)32)9-14-3-5-15(24)6-4-14/h3-8,10,12-13,18-19H,9,11,27H2,1-2H3. The quantitative estimate of drug-likeness (QED) is 0.564. The lowest BCUT2D eigenvalue weighted by atomic mass is 9.99. The highest BCUT2D eigenvalue weighted by Gasteiger charge is 2.49. The highest BCUT2D eigenvalue weighted by molar-refractivity contribution is 9.10. The summed E-state index contributed by atoms with van der Waals surface area (Å²) in [7, 11) is -4.25. The van der Waals surface area contributed by atoms with Gasteiger partial charge < -0.3 is 10.6 Å². The first kappa shape index (κ1) is 26.0. The lowest BCUT2D eigenvalue weighted by molar-refractivity contribution is -0.149. The van der Waals surface area contributed by atoms with E-state index < -0.39 is 28.0 Å². The fraction of sp³-hybridized carbons (Fsp3) is 0.304. The Hall–Kier alpha value is -2.11. The van der Waals surface area contributed by atoms with E-state index in [0.29, 0.717) is 0 Å². The maximum absolute atomic E-state index is 13.7. The van der Waals surface area contributed by atoms with E-state index in [-0.39, 0.29) is 45.7 Å². The monoisotopic (exact) mass is 600 g/mol. The summed E-state index contributed by atoms with van der Waals surface area (Å²) in [6, 6.07) is 8.98. The van der Waals surface area contributed by atoms with Gasteiger partial charge in [-0.25, -0.2) is 12.7 Å². The molecule has 2 aliphatic heterocycles. The summed E-state index contributed by atoms with van der Waals surface area (Å²) < 4.78 is 29.4. The molecule has 0 bridgehead atoms. The lowest BCUT2D eigenvalue weighted by Gasteiger charge is -2.48. The first-order valence-electron chi connectivity index (χ1n) is 10.8. The molecule has 2 aromatic rings. The molecular formula is C23H23BrCl2N4O4S. The molecule has 2 aliphatic rings. The van der Waals surface area contributed by atoms with Gasteiger partial charge in [-0.05, 0) is 49.7 Å². The van der Waals surface area contributed by atoms with Crippen LogP contribution in [-0.2, 0) is 26.0 Å². The van der Waals surface area contributed by atoms with Crippen molar-refractivity contribution in [2.75, 3.05) is 6.54 Å². The summed E-state index contributed by atoms with van der Waals surface area (Å²) in [5.41, 5.74) is 6.92.